The molecule has 0 bridgehead atoms. The Labute approximate surface area is 197 Å². The van der Waals surface area contributed by atoms with Gasteiger partial charge in [0.1, 0.15) is 12.1 Å². The van der Waals surface area contributed by atoms with Crippen molar-refractivity contribution in [2.75, 3.05) is 0 Å². The molecule has 7 heteroatoms. The summed E-state index contributed by atoms with van der Waals surface area (Å²) in [4.78, 5) is 31.0. The number of azide groups is 1. The maximum atomic E-state index is 13.9. The van der Waals surface area contributed by atoms with Gasteiger partial charge in [0.05, 0.1) is 6.04 Å². The fourth-order valence-electron chi connectivity index (χ4n) is 5.21. The predicted octanol–water partition coefficient (Wildman–Crippen LogP) is 5.70. The maximum absolute atomic E-state index is 13.9. The van der Waals surface area contributed by atoms with E-state index in [0.29, 0.717) is 0 Å². The first-order chi connectivity index (χ1) is 16.6. The minimum Gasteiger partial charge on any atom is -0.439 e. The van der Waals surface area contributed by atoms with Crippen LogP contribution in [0.2, 0.25) is 0 Å². The summed E-state index contributed by atoms with van der Waals surface area (Å²) in [6, 6.07) is 23.5. The van der Waals surface area contributed by atoms with Crippen molar-refractivity contribution in [2.45, 2.75) is 43.9 Å². The Hall–Kier alpha value is -4.09. The van der Waals surface area contributed by atoms with Crippen molar-refractivity contribution in [3.05, 3.63) is 117 Å². The quantitative estimate of drug-likeness (QED) is 0.288. The number of carbonyl (C=O) groups excluding carboxylic acids is 2. The predicted molar refractivity (Wildman–Crippen MR) is 127 cm³/mol. The van der Waals surface area contributed by atoms with E-state index in [9.17, 15) is 15.1 Å². The lowest BCUT2D eigenvalue weighted by Gasteiger charge is -2.29. The molecular formula is C27H24N4O3. The van der Waals surface area contributed by atoms with E-state index in [4.69, 9.17) is 4.74 Å². The molecule has 0 aromatic heterocycles. The van der Waals surface area contributed by atoms with Gasteiger partial charge in [-0.15, -0.1) is 0 Å². The fraction of sp³-hybridized carbons (Fsp3) is 0.259. The Kier molecular flexibility index (Phi) is 5.78. The van der Waals surface area contributed by atoms with Gasteiger partial charge in [-0.2, -0.15) is 0 Å². The summed E-state index contributed by atoms with van der Waals surface area (Å²) >= 11 is 0. The molecule has 1 saturated heterocycles. The van der Waals surface area contributed by atoms with Crippen LogP contribution in [0.4, 0.5) is 4.79 Å². The van der Waals surface area contributed by atoms with Gasteiger partial charge >= 0.3 is 6.09 Å². The lowest BCUT2D eigenvalue weighted by molar-refractivity contribution is -0.130. The molecule has 34 heavy (non-hydrogen) atoms. The average Bonchev–Trinajstić information content (AvgIpc) is 3.06. The summed E-state index contributed by atoms with van der Waals surface area (Å²) in [5.74, 6) is -1.06. The molecule has 1 heterocycles. The molecule has 0 saturated carbocycles. The van der Waals surface area contributed by atoms with Crippen molar-refractivity contribution in [1.82, 2.24) is 4.90 Å². The van der Waals surface area contributed by atoms with E-state index < -0.39 is 36.1 Å². The van der Waals surface area contributed by atoms with Crippen molar-refractivity contribution < 1.29 is 14.3 Å². The Bertz CT molecular complexity index is 1240. The zero-order valence-corrected chi connectivity index (χ0v) is 18.7. The molecule has 3 atom stereocenters. The molecule has 7 nitrogen and oxygen atoms in total. The van der Waals surface area contributed by atoms with Crippen LogP contribution in [0.5, 0.6) is 0 Å². The molecule has 2 amide bonds. The minimum absolute atomic E-state index is 0.505. The van der Waals surface area contributed by atoms with Gasteiger partial charge in [-0.05, 0) is 53.1 Å². The third-order valence-electron chi connectivity index (χ3n) is 6.82. The van der Waals surface area contributed by atoms with E-state index in [0.717, 1.165) is 45.6 Å². The van der Waals surface area contributed by atoms with Crippen LogP contribution >= 0.6 is 0 Å². The van der Waals surface area contributed by atoms with Crippen LogP contribution in [0.25, 0.3) is 10.4 Å². The standard InChI is InChI=1S/C27H24N4O3/c1-17-25(20-11-3-2-4-12-20)34-27(33)31(17)26(32)24(29-30-28)23-21-13-7-5-9-18(21)15-16-19-10-6-8-14-22(19)23/h2-14,17,23-25H,15-16H2,1H3. The number of hydrogen-bond donors (Lipinski definition) is 0. The van der Waals surface area contributed by atoms with Gasteiger partial charge in [-0.3, -0.25) is 4.79 Å². The van der Waals surface area contributed by atoms with Gasteiger partial charge in [-0.1, -0.05) is 84.0 Å². The molecule has 1 aliphatic carbocycles. The molecule has 0 spiro atoms. The highest BCUT2D eigenvalue weighted by molar-refractivity contribution is 5.97. The van der Waals surface area contributed by atoms with Crippen molar-refractivity contribution >= 4 is 12.0 Å². The van der Waals surface area contributed by atoms with Crippen LogP contribution in [-0.4, -0.2) is 29.0 Å². The lowest BCUT2D eigenvalue weighted by Crippen LogP contribution is -2.45. The summed E-state index contributed by atoms with van der Waals surface area (Å²) in [6.45, 7) is 1.78. The monoisotopic (exact) mass is 452 g/mol. The molecule has 2 aliphatic rings. The summed E-state index contributed by atoms with van der Waals surface area (Å²) in [5, 5.41) is 3.98. The first-order valence-corrected chi connectivity index (χ1v) is 11.4. The van der Waals surface area contributed by atoms with Crippen LogP contribution in [0.1, 0.15) is 46.8 Å². The molecule has 1 aliphatic heterocycles. The highest BCUT2D eigenvalue weighted by atomic mass is 16.6. The fourth-order valence-corrected chi connectivity index (χ4v) is 5.21. The van der Waals surface area contributed by atoms with Crippen LogP contribution in [0.15, 0.2) is 84.0 Å². The van der Waals surface area contributed by atoms with Gasteiger partial charge < -0.3 is 4.74 Å². The van der Waals surface area contributed by atoms with E-state index in [-0.39, 0.29) is 0 Å². The molecule has 5 rings (SSSR count). The Morgan fingerprint density at radius 2 is 1.53 bits per heavy atom. The van der Waals surface area contributed by atoms with Crippen molar-refractivity contribution in [1.29, 1.82) is 0 Å². The van der Waals surface area contributed by atoms with E-state index in [1.54, 1.807) is 6.92 Å². The third kappa shape index (κ3) is 3.70. The summed E-state index contributed by atoms with van der Waals surface area (Å²) < 4.78 is 5.60. The second-order valence-corrected chi connectivity index (χ2v) is 8.69. The van der Waals surface area contributed by atoms with E-state index in [1.165, 1.54) is 0 Å². The number of cyclic esters (lactones) is 1. The third-order valence-corrected chi connectivity index (χ3v) is 6.82. The second-order valence-electron chi connectivity index (χ2n) is 8.69. The van der Waals surface area contributed by atoms with Crippen LogP contribution < -0.4 is 0 Å². The number of benzene rings is 3. The largest absolute Gasteiger partial charge is 0.439 e. The number of carbonyl (C=O) groups is 2. The molecule has 3 unspecified atom stereocenters. The number of fused-ring (bicyclic) bond motifs is 2. The number of ether oxygens (including phenoxy) is 1. The van der Waals surface area contributed by atoms with Crippen LogP contribution in [-0.2, 0) is 22.4 Å². The molecule has 170 valence electrons. The van der Waals surface area contributed by atoms with E-state index in [2.05, 4.69) is 10.0 Å². The van der Waals surface area contributed by atoms with Gasteiger partial charge in [-0.25, -0.2) is 9.69 Å². The van der Waals surface area contributed by atoms with Gasteiger partial charge in [0, 0.05) is 10.8 Å². The normalized spacial score (nSPS) is 20.4. The smallest absolute Gasteiger partial charge is 0.417 e. The number of nitrogens with zero attached hydrogens (tertiary/aromatic N) is 4. The zero-order valence-electron chi connectivity index (χ0n) is 18.7. The first kappa shape index (κ1) is 21.7. The molecule has 1 fully saturated rings. The highest BCUT2D eigenvalue weighted by Crippen LogP contribution is 2.40. The van der Waals surface area contributed by atoms with Gasteiger partial charge in [0.2, 0.25) is 5.91 Å². The number of aryl methyl sites for hydroxylation is 2. The summed E-state index contributed by atoms with van der Waals surface area (Å²) in [5.41, 5.74) is 14.4. The Morgan fingerprint density at radius 3 is 2.12 bits per heavy atom. The van der Waals surface area contributed by atoms with Crippen molar-refractivity contribution in [2.24, 2.45) is 5.11 Å². The zero-order chi connectivity index (χ0) is 23.7. The highest BCUT2D eigenvalue weighted by Gasteiger charge is 2.47. The SMILES string of the molecule is CC1C(c2ccccc2)OC(=O)N1C(=O)C(N=[N+]=[N-])C1c2ccccc2CCc2ccccc21. The lowest BCUT2D eigenvalue weighted by atomic mass is 9.82. The summed E-state index contributed by atoms with van der Waals surface area (Å²) in [6.07, 6.45) is 0.329. The van der Waals surface area contributed by atoms with Gasteiger partial charge in [0.25, 0.3) is 0 Å². The van der Waals surface area contributed by atoms with Gasteiger partial charge in [0.15, 0.2) is 0 Å². The average molecular weight is 453 g/mol. The number of hydrogen-bond acceptors (Lipinski definition) is 4. The minimum atomic E-state index is -1.13. The van der Waals surface area contributed by atoms with Crippen LogP contribution in [0.3, 0.4) is 0 Å². The Balaban J connectivity index is 1.58. The van der Waals surface area contributed by atoms with Crippen molar-refractivity contribution in [3.8, 4) is 0 Å². The number of amides is 2. The molecular weight excluding hydrogens is 428 g/mol. The van der Waals surface area contributed by atoms with Crippen LogP contribution in [0, 0.1) is 0 Å². The maximum Gasteiger partial charge on any atom is 0.417 e. The summed E-state index contributed by atoms with van der Waals surface area (Å²) in [7, 11) is 0. The number of rotatable bonds is 4. The second kappa shape index (κ2) is 9.04. The Morgan fingerprint density at radius 1 is 0.971 bits per heavy atom. The van der Waals surface area contributed by atoms with Crippen molar-refractivity contribution in [3.63, 3.8) is 0 Å². The topological polar surface area (TPSA) is 95.4 Å². The molecule has 3 aromatic rings. The number of imide groups is 1. The van der Waals surface area contributed by atoms with E-state index >= 15 is 0 Å². The molecule has 0 N–H and O–H groups in total. The first-order valence-electron chi connectivity index (χ1n) is 11.4. The molecule has 3 aromatic carbocycles. The molecule has 0 radical (unpaired) electrons. The van der Waals surface area contributed by atoms with E-state index in [1.807, 2.05) is 78.9 Å².